The van der Waals surface area contributed by atoms with E-state index in [1.54, 1.807) is 0 Å². The van der Waals surface area contributed by atoms with E-state index in [9.17, 15) is 0 Å². The number of rotatable bonds is 4. The first-order chi connectivity index (χ1) is 10.2. The maximum atomic E-state index is 6.15. The Kier molecular flexibility index (Phi) is 3.95. The zero-order valence-electron chi connectivity index (χ0n) is 12.2. The van der Waals surface area contributed by atoms with Crippen LogP contribution in [0.25, 0.3) is 10.9 Å². The van der Waals surface area contributed by atoms with E-state index in [0.717, 1.165) is 28.3 Å². The molecule has 1 heterocycles. The number of para-hydroxylation sites is 1. The summed E-state index contributed by atoms with van der Waals surface area (Å²) < 4.78 is 1.93. The smallest absolute Gasteiger partial charge is 0.0917 e. The van der Waals surface area contributed by atoms with Gasteiger partial charge in [-0.15, -0.1) is 0 Å². The molecule has 0 bridgehead atoms. The van der Waals surface area contributed by atoms with Gasteiger partial charge in [-0.3, -0.25) is 4.68 Å². The number of aryl methyl sites for hydroxylation is 1. The number of nitrogens with one attached hydrogen (secondary N) is 1. The van der Waals surface area contributed by atoms with Gasteiger partial charge in [0.2, 0.25) is 0 Å². The normalized spacial score (nSPS) is 12.7. The van der Waals surface area contributed by atoms with Crippen LogP contribution in [0, 0.1) is 0 Å². The molecule has 4 heteroatoms. The van der Waals surface area contributed by atoms with Crippen molar-refractivity contribution in [1.29, 1.82) is 0 Å². The summed E-state index contributed by atoms with van der Waals surface area (Å²) in [5.74, 6) is 0. The van der Waals surface area contributed by atoms with Crippen LogP contribution < -0.4 is 5.32 Å². The molecule has 108 valence electrons. The second kappa shape index (κ2) is 5.88. The van der Waals surface area contributed by atoms with Crippen LogP contribution in [-0.4, -0.2) is 16.3 Å². The van der Waals surface area contributed by atoms with Gasteiger partial charge in [0.1, 0.15) is 0 Å². The minimum absolute atomic E-state index is 0.0415. The number of fused-ring (bicyclic) bond motifs is 1. The summed E-state index contributed by atoms with van der Waals surface area (Å²) >= 11 is 6.15. The lowest BCUT2D eigenvalue weighted by Gasteiger charge is -2.17. The first kappa shape index (κ1) is 14.1. The van der Waals surface area contributed by atoms with Gasteiger partial charge in [-0.2, -0.15) is 5.10 Å². The summed E-state index contributed by atoms with van der Waals surface area (Å²) in [5.41, 5.74) is 3.31. The van der Waals surface area contributed by atoms with Gasteiger partial charge in [0.15, 0.2) is 0 Å². The van der Waals surface area contributed by atoms with E-state index in [-0.39, 0.29) is 6.04 Å². The second-order valence-electron chi connectivity index (χ2n) is 5.07. The highest BCUT2D eigenvalue weighted by atomic mass is 35.5. The van der Waals surface area contributed by atoms with Gasteiger partial charge >= 0.3 is 0 Å². The third-order valence-corrected chi connectivity index (χ3v) is 3.89. The molecular formula is C17H18ClN3. The minimum atomic E-state index is 0.0415. The standard InChI is InChI=1S/C17H18ClN3/c1-3-19-16(12-7-6-8-13(18)11-12)17-14-9-4-5-10-15(14)21(2)20-17/h4-11,16,19H,3H2,1-2H3. The Hall–Kier alpha value is -1.84. The first-order valence-corrected chi connectivity index (χ1v) is 7.49. The topological polar surface area (TPSA) is 29.9 Å². The van der Waals surface area contributed by atoms with E-state index in [0.29, 0.717) is 0 Å². The van der Waals surface area contributed by atoms with Gasteiger partial charge in [0.05, 0.1) is 17.3 Å². The lowest BCUT2D eigenvalue weighted by molar-refractivity contribution is 0.604. The lowest BCUT2D eigenvalue weighted by Crippen LogP contribution is -2.22. The van der Waals surface area contributed by atoms with Crippen LogP contribution in [0.1, 0.15) is 24.2 Å². The average molecular weight is 300 g/mol. The van der Waals surface area contributed by atoms with Crippen molar-refractivity contribution in [2.45, 2.75) is 13.0 Å². The molecule has 1 N–H and O–H groups in total. The number of hydrogen-bond donors (Lipinski definition) is 1. The molecule has 0 radical (unpaired) electrons. The van der Waals surface area contributed by atoms with Crippen LogP contribution in [0.15, 0.2) is 48.5 Å². The number of hydrogen-bond acceptors (Lipinski definition) is 2. The summed E-state index contributed by atoms with van der Waals surface area (Å²) in [7, 11) is 1.98. The molecule has 1 aromatic heterocycles. The largest absolute Gasteiger partial charge is 0.305 e. The number of benzene rings is 2. The van der Waals surface area contributed by atoms with Crippen LogP contribution in [0.4, 0.5) is 0 Å². The van der Waals surface area contributed by atoms with Crippen molar-refractivity contribution in [3.8, 4) is 0 Å². The van der Waals surface area contributed by atoms with Crippen LogP contribution in [0.3, 0.4) is 0 Å². The van der Waals surface area contributed by atoms with E-state index in [4.69, 9.17) is 16.7 Å². The monoisotopic (exact) mass is 299 g/mol. The second-order valence-corrected chi connectivity index (χ2v) is 5.51. The number of aromatic nitrogens is 2. The van der Waals surface area contributed by atoms with E-state index in [2.05, 4.69) is 36.5 Å². The van der Waals surface area contributed by atoms with Crippen molar-refractivity contribution in [1.82, 2.24) is 15.1 Å². The summed E-state index contributed by atoms with van der Waals surface area (Å²) in [5, 5.41) is 10.2. The maximum Gasteiger partial charge on any atom is 0.0917 e. The molecule has 0 spiro atoms. The fourth-order valence-corrected chi connectivity index (χ4v) is 2.92. The molecule has 0 aliphatic carbocycles. The van der Waals surface area contributed by atoms with Crippen LogP contribution >= 0.6 is 11.6 Å². The number of halogens is 1. The van der Waals surface area contributed by atoms with Gasteiger partial charge in [-0.05, 0) is 30.3 Å². The summed E-state index contributed by atoms with van der Waals surface area (Å²) in [6, 6.07) is 16.3. The summed E-state index contributed by atoms with van der Waals surface area (Å²) in [6.45, 7) is 2.96. The molecule has 1 atom stereocenters. The molecule has 21 heavy (non-hydrogen) atoms. The Morgan fingerprint density at radius 3 is 2.76 bits per heavy atom. The molecule has 0 amide bonds. The Bertz CT molecular complexity index is 764. The SMILES string of the molecule is CCNC(c1cccc(Cl)c1)c1nn(C)c2ccccc12. The number of nitrogens with zero attached hydrogens (tertiary/aromatic N) is 2. The fourth-order valence-electron chi connectivity index (χ4n) is 2.72. The molecule has 0 fully saturated rings. The van der Waals surface area contributed by atoms with Crippen molar-refractivity contribution >= 4 is 22.5 Å². The Morgan fingerprint density at radius 1 is 1.19 bits per heavy atom. The Morgan fingerprint density at radius 2 is 2.00 bits per heavy atom. The minimum Gasteiger partial charge on any atom is -0.305 e. The molecule has 3 rings (SSSR count). The zero-order chi connectivity index (χ0) is 14.8. The molecule has 0 saturated carbocycles. The van der Waals surface area contributed by atoms with E-state index in [1.807, 2.05) is 36.0 Å². The van der Waals surface area contributed by atoms with Gasteiger partial charge in [-0.1, -0.05) is 48.9 Å². The molecule has 3 nitrogen and oxygen atoms in total. The van der Waals surface area contributed by atoms with Gasteiger partial charge in [-0.25, -0.2) is 0 Å². The quantitative estimate of drug-likeness (QED) is 0.791. The van der Waals surface area contributed by atoms with E-state index in [1.165, 1.54) is 5.39 Å². The predicted octanol–water partition coefficient (Wildman–Crippen LogP) is 3.93. The van der Waals surface area contributed by atoms with Gasteiger partial charge in [0, 0.05) is 17.5 Å². The Labute approximate surface area is 129 Å². The summed E-state index contributed by atoms with van der Waals surface area (Å²) in [4.78, 5) is 0. The zero-order valence-corrected chi connectivity index (χ0v) is 12.9. The third kappa shape index (κ3) is 2.67. The van der Waals surface area contributed by atoms with Gasteiger partial charge < -0.3 is 5.32 Å². The van der Waals surface area contributed by atoms with E-state index < -0.39 is 0 Å². The molecule has 0 saturated heterocycles. The van der Waals surface area contributed by atoms with Crippen molar-refractivity contribution in [2.24, 2.45) is 7.05 Å². The molecule has 1 unspecified atom stereocenters. The van der Waals surface area contributed by atoms with Crippen LogP contribution in [0.5, 0.6) is 0 Å². The molecule has 0 aliphatic heterocycles. The highest BCUT2D eigenvalue weighted by molar-refractivity contribution is 6.30. The average Bonchev–Trinajstić information content (AvgIpc) is 2.82. The summed E-state index contributed by atoms with van der Waals surface area (Å²) in [6.07, 6.45) is 0. The lowest BCUT2D eigenvalue weighted by atomic mass is 10.0. The first-order valence-electron chi connectivity index (χ1n) is 7.11. The maximum absolute atomic E-state index is 6.15. The van der Waals surface area contributed by atoms with Gasteiger partial charge in [0.25, 0.3) is 0 Å². The molecule has 3 aromatic rings. The predicted molar refractivity (Wildman–Crippen MR) is 87.7 cm³/mol. The van der Waals surface area contributed by atoms with Crippen molar-refractivity contribution in [3.63, 3.8) is 0 Å². The highest BCUT2D eigenvalue weighted by Crippen LogP contribution is 2.29. The van der Waals surface area contributed by atoms with Crippen molar-refractivity contribution < 1.29 is 0 Å². The van der Waals surface area contributed by atoms with Crippen molar-refractivity contribution in [3.05, 3.63) is 64.8 Å². The van der Waals surface area contributed by atoms with Crippen LogP contribution in [0.2, 0.25) is 5.02 Å². The molecule has 2 aromatic carbocycles. The molecule has 0 aliphatic rings. The fraction of sp³-hybridized carbons (Fsp3) is 0.235. The van der Waals surface area contributed by atoms with Crippen LogP contribution in [-0.2, 0) is 7.05 Å². The van der Waals surface area contributed by atoms with E-state index >= 15 is 0 Å². The Balaban J connectivity index is 2.16. The third-order valence-electron chi connectivity index (χ3n) is 3.65. The van der Waals surface area contributed by atoms with Crippen molar-refractivity contribution in [2.75, 3.05) is 6.54 Å². The highest BCUT2D eigenvalue weighted by Gasteiger charge is 2.20. The molecular weight excluding hydrogens is 282 g/mol.